The molecule has 12 heteroatoms. The van der Waals surface area contributed by atoms with Crippen LogP contribution in [0.15, 0.2) is 67.0 Å². The molecule has 2 atom stereocenters. The highest BCUT2D eigenvalue weighted by Crippen LogP contribution is 2.38. The third-order valence-electron chi connectivity index (χ3n) is 8.44. The summed E-state index contributed by atoms with van der Waals surface area (Å²) in [6.07, 6.45) is 3.81. The van der Waals surface area contributed by atoms with E-state index < -0.39 is 28.0 Å². The van der Waals surface area contributed by atoms with Crippen LogP contribution >= 0.6 is 22.6 Å². The maximum absolute atomic E-state index is 13.0. The molecule has 244 valence electrons. The molecule has 0 spiro atoms. The van der Waals surface area contributed by atoms with Crippen LogP contribution in [0.2, 0.25) is 18.1 Å². The van der Waals surface area contributed by atoms with Gasteiger partial charge in [-0.25, -0.2) is 14.6 Å². The van der Waals surface area contributed by atoms with E-state index in [2.05, 4.69) is 73.3 Å². The number of alkyl halides is 1. The normalized spacial score (nSPS) is 14.9. The van der Waals surface area contributed by atoms with E-state index in [0.717, 1.165) is 44.8 Å². The van der Waals surface area contributed by atoms with Gasteiger partial charge in [-0.05, 0) is 88.3 Å². The van der Waals surface area contributed by atoms with Gasteiger partial charge in [0.15, 0.2) is 17.7 Å². The molecule has 0 amide bonds. The Morgan fingerprint density at radius 2 is 1.67 bits per heavy atom. The fourth-order valence-corrected chi connectivity index (χ4v) is 7.20. The summed E-state index contributed by atoms with van der Waals surface area (Å²) in [5.41, 5.74) is 6.04. The van der Waals surface area contributed by atoms with E-state index in [-0.39, 0.29) is 5.04 Å². The van der Waals surface area contributed by atoms with E-state index in [1.165, 1.54) is 0 Å². The van der Waals surface area contributed by atoms with Gasteiger partial charge in [0.1, 0.15) is 4.75 Å². The Morgan fingerprint density at radius 1 is 0.957 bits per heavy atom. The summed E-state index contributed by atoms with van der Waals surface area (Å²) >= 11 is 1.02. The molecule has 0 aliphatic carbocycles. The highest BCUT2D eigenvalue weighted by molar-refractivity contribution is 14.1. The first-order valence-electron chi connectivity index (χ1n) is 15.3. The lowest BCUT2D eigenvalue weighted by Crippen LogP contribution is -2.47. The number of nitrogens with one attached hydrogen (secondary N) is 1. The summed E-state index contributed by atoms with van der Waals surface area (Å²) in [6, 6.07) is 18.2. The molecular weight excluding hydrogens is 725 g/mol. The average molecular weight is 770 g/mol. The van der Waals surface area contributed by atoms with Gasteiger partial charge >= 0.3 is 0 Å². The third-order valence-corrected chi connectivity index (χ3v) is 15.8. The first-order valence-corrected chi connectivity index (χ1v) is 20.5. The van der Waals surface area contributed by atoms with Crippen LogP contribution in [0.25, 0.3) is 39.2 Å². The van der Waals surface area contributed by atoms with Crippen molar-refractivity contribution >= 4 is 53.2 Å². The lowest BCUT2D eigenvalue weighted by Gasteiger charge is -2.36. The van der Waals surface area contributed by atoms with Crippen LogP contribution in [0.4, 0.5) is 0 Å². The molecule has 1 aromatic carbocycles. The molecule has 5 rings (SSSR count). The van der Waals surface area contributed by atoms with Crippen LogP contribution in [0.1, 0.15) is 59.9 Å². The van der Waals surface area contributed by atoms with Crippen molar-refractivity contribution in [1.29, 1.82) is 0 Å². The Morgan fingerprint density at radius 3 is 2.33 bits per heavy atom. The van der Waals surface area contributed by atoms with Crippen LogP contribution in [0.5, 0.6) is 0 Å². The van der Waals surface area contributed by atoms with Gasteiger partial charge in [-0.15, -0.1) is 4.72 Å². The Bertz CT molecular complexity index is 1860. The maximum Gasteiger partial charge on any atom is 0.192 e. The molecule has 5 aromatic rings. The zero-order valence-electron chi connectivity index (χ0n) is 28.3. The molecule has 0 saturated heterocycles. The number of aromatic nitrogens is 6. The van der Waals surface area contributed by atoms with Crippen molar-refractivity contribution in [2.24, 2.45) is 7.05 Å². The second kappa shape index (κ2) is 12.8. The van der Waals surface area contributed by atoms with Crippen molar-refractivity contribution in [3.8, 4) is 28.3 Å². The van der Waals surface area contributed by atoms with Crippen molar-refractivity contribution in [2.75, 3.05) is 0 Å². The molecule has 9 nitrogen and oxygen atoms in total. The minimum Gasteiger partial charge on any atom is -0.598 e. The largest absolute Gasteiger partial charge is 0.598 e. The lowest BCUT2D eigenvalue weighted by atomic mass is 10.0. The fourth-order valence-electron chi connectivity index (χ4n) is 4.60. The van der Waals surface area contributed by atoms with Gasteiger partial charge < -0.3 is 8.98 Å². The molecule has 0 bridgehead atoms. The van der Waals surface area contributed by atoms with Crippen LogP contribution < -0.4 is 4.72 Å². The number of aryl methyl sites for hydroxylation is 1. The van der Waals surface area contributed by atoms with E-state index in [9.17, 15) is 4.55 Å². The number of rotatable bonds is 9. The number of pyridine rings is 2. The van der Waals surface area contributed by atoms with E-state index in [1.54, 1.807) is 4.68 Å². The van der Waals surface area contributed by atoms with Crippen molar-refractivity contribution in [2.45, 2.75) is 81.5 Å². The number of nitrogens with zero attached hydrogens (tertiary/aromatic N) is 6. The van der Waals surface area contributed by atoms with Crippen molar-refractivity contribution in [1.82, 2.24) is 34.3 Å². The molecule has 1 N–H and O–H groups in total. The number of benzene rings is 1. The van der Waals surface area contributed by atoms with Crippen LogP contribution in [0.3, 0.4) is 0 Å². The van der Waals surface area contributed by atoms with Crippen molar-refractivity contribution in [3.05, 3.63) is 78.4 Å². The van der Waals surface area contributed by atoms with E-state index >= 15 is 0 Å². The highest BCUT2D eigenvalue weighted by Gasteiger charge is 2.38. The maximum atomic E-state index is 13.0. The third kappa shape index (κ3) is 7.42. The summed E-state index contributed by atoms with van der Waals surface area (Å²) in [5, 5.41) is 10.6. The van der Waals surface area contributed by atoms with Gasteiger partial charge in [0.2, 0.25) is 0 Å². The Balaban J connectivity index is 1.59. The van der Waals surface area contributed by atoms with Gasteiger partial charge in [0.25, 0.3) is 0 Å². The van der Waals surface area contributed by atoms with Crippen molar-refractivity contribution in [3.63, 3.8) is 0 Å². The van der Waals surface area contributed by atoms with E-state index in [0.29, 0.717) is 12.4 Å². The summed E-state index contributed by atoms with van der Waals surface area (Å²) in [5.74, 6) is 0.714. The minimum atomic E-state index is -1.94. The molecule has 46 heavy (non-hydrogen) atoms. The van der Waals surface area contributed by atoms with Gasteiger partial charge in [0.05, 0.1) is 41.1 Å². The summed E-state index contributed by atoms with van der Waals surface area (Å²) in [6.45, 7) is 19.5. The zero-order chi connectivity index (χ0) is 33.7. The summed E-state index contributed by atoms with van der Waals surface area (Å²) in [7, 11) is -0.0274. The second-order valence-electron chi connectivity index (χ2n) is 14.3. The standard InChI is InChI=1S/C34H44IN7O2SSi/c1-32(2,3)45(43)40-34(7,35)30-15-12-14-27(38-30)23-19-25(28-17-18-41(8)39-28)26-21-36-42(29(26)20-23)31-16-11-13-24(37-31)22-44-46(9,10)33(4,5)6/h11-21,40H,22H2,1-10H3/t34?,45-/m1/s1. The average Bonchev–Trinajstić information content (AvgIpc) is 3.61. The topological polar surface area (TPSA) is 106 Å². The smallest absolute Gasteiger partial charge is 0.192 e. The van der Waals surface area contributed by atoms with Gasteiger partial charge in [-0.2, -0.15) is 10.2 Å². The molecule has 1 unspecified atom stereocenters. The SMILES string of the molecule is Cn1ccc(-c2cc(-c3cccc(C(C)(I)N[S@+]([O-])C(C)(C)C)n3)cc3c2cnn3-c2cccc(CO[Si](C)(C)C(C)(C)C)n2)n1. The molecule has 0 aliphatic heterocycles. The van der Waals surface area contributed by atoms with E-state index in [1.807, 2.05) is 94.3 Å². The zero-order valence-corrected chi connectivity index (χ0v) is 32.3. The van der Waals surface area contributed by atoms with Crippen LogP contribution in [0, 0.1) is 0 Å². The highest BCUT2D eigenvalue weighted by atomic mass is 127. The predicted octanol–water partition coefficient (Wildman–Crippen LogP) is 8.06. The van der Waals surface area contributed by atoms with Gasteiger partial charge in [0, 0.05) is 41.1 Å². The monoisotopic (exact) mass is 769 g/mol. The Hall–Kier alpha value is -2.62. The van der Waals surface area contributed by atoms with E-state index in [4.69, 9.17) is 24.6 Å². The Labute approximate surface area is 290 Å². The molecular formula is C34H44IN7O2SSi. The lowest BCUT2D eigenvalue weighted by molar-refractivity contribution is 0.272. The minimum absolute atomic E-state index is 0.112. The molecule has 0 saturated carbocycles. The van der Waals surface area contributed by atoms with Gasteiger partial charge in [-0.3, -0.25) is 4.68 Å². The molecule has 0 radical (unpaired) electrons. The molecule has 4 heterocycles. The number of halogens is 1. The van der Waals surface area contributed by atoms with Crippen molar-refractivity contribution < 1.29 is 8.98 Å². The number of fused-ring (bicyclic) bond motifs is 1. The second-order valence-corrected chi connectivity index (χ2v) is 23.3. The van der Waals surface area contributed by atoms with Gasteiger partial charge in [-0.1, -0.05) is 55.5 Å². The summed E-state index contributed by atoms with van der Waals surface area (Å²) in [4.78, 5) is 10.1. The number of hydrogen-bond donors (Lipinski definition) is 1. The molecule has 4 aromatic heterocycles. The summed E-state index contributed by atoms with van der Waals surface area (Å²) < 4.78 is 25.4. The fraction of sp³-hybridized carbons (Fsp3) is 0.412. The predicted molar refractivity (Wildman–Crippen MR) is 199 cm³/mol. The quantitative estimate of drug-likeness (QED) is 0.0532. The van der Waals surface area contributed by atoms with Crippen LogP contribution in [-0.2, 0) is 33.0 Å². The number of hydrogen-bond acceptors (Lipinski definition) is 7. The Kier molecular flexibility index (Phi) is 9.63. The molecule has 0 fully saturated rings. The molecule has 0 aliphatic rings. The van der Waals surface area contributed by atoms with Crippen LogP contribution in [-0.4, -0.2) is 47.1 Å². The first kappa shape index (κ1) is 34.7. The first-order chi connectivity index (χ1) is 21.4.